The molecular weight excluding hydrogens is 260 g/mol. The summed E-state index contributed by atoms with van der Waals surface area (Å²) >= 11 is 0. The lowest BCUT2D eigenvalue weighted by molar-refractivity contribution is -0.126. The Balaban J connectivity index is 1.95. The molecule has 0 amide bonds. The Kier molecular flexibility index (Phi) is 3.40. The summed E-state index contributed by atoms with van der Waals surface area (Å²) in [6.07, 6.45) is 9.65. The van der Waals surface area contributed by atoms with Crippen molar-refractivity contribution in [2.24, 2.45) is 28.1 Å². The maximum absolute atomic E-state index is 11.4. The highest BCUT2D eigenvalue weighted by Gasteiger charge is 2.56. The van der Waals surface area contributed by atoms with Crippen LogP contribution < -0.4 is 0 Å². The predicted octanol–water partition coefficient (Wildman–Crippen LogP) is 4.13. The number of allylic oxidation sites excluding steroid dienone is 2. The van der Waals surface area contributed by atoms with Crippen molar-refractivity contribution >= 4 is 6.29 Å². The van der Waals surface area contributed by atoms with Gasteiger partial charge in [0, 0.05) is 5.41 Å². The molecule has 3 rings (SSSR count). The highest BCUT2D eigenvalue weighted by atomic mass is 16.3. The van der Waals surface area contributed by atoms with Crippen molar-refractivity contribution in [2.45, 2.75) is 72.3 Å². The summed E-state index contributed by atoms with van der Waals surface area (Å²) in [5.41, 5.74) is 1.69. The summed E-state index contributed by atoms with van der Waals surface area (Å²) in [6.45, 7) is 9.06. The largest absolute Gasteiger partial charge is 0.393 e. The number of carbonyl (C=O) groups is 1. The Hall–Kier alpha value is -0.630. The third-order valence-corrected chi connectivity index (χ3v) is 7.27. The van der Waals surface area contributed by atoms with E-state index in [1.807, 2.05) is 0 Å². The van der Waals surface area contributed by atoms with Crippen LogP contribution in [0.5, 0.6) is 0 Å². The molecule has 0 bridgehead atoms. The maximum atomic E-state index is 11.4. The average molecular weight is 290 g/mol. The zero-order chi connectivity index (χ0) is 15.5. The van der Waals surface area contributed by atoms with Gasteiger partial charge in [0.25, 0.3) is 0 Å². The van der Waals surface area contributed by atoms with Gasteiger partial charge in [0.05, 0.1) is 6.10 Å². The van der Waals surface area contributed by atoms with Crippen LogP contribution >= 0.6 is 0 Å². The number of rotatable bonds is 1. The molecule has 0 aromatic carbocycles. The van der Waals surface area contributed by atoms with Gasteiger partial charge in [-0.1, -0.05) is 39.3 Å². The minimum Gasteiger partial charge on any atom is -0.393 e. The minimum absolute atomic E-state index is 0.000436. The fraction of sp³-hybridized carbons (Fsp3) is 0.842. The smallest absolute Gasteiger partial charge is 0.126 e. The van der Waals surface area contributed by atoms with Crippen LogP contribution in [-0.2, 0) is 4.79 Å². The van der Waals surface area contributed by atoms with Gasteiger partial charge in [-0.3, -0.25) is 0 Å². The van der Waals surface area contributed by atoms with Crippen molar-refractivity contribution < 1.29 is 9.90 Å². The molecule has 3 aliphatic rings. The number of aliphatic hydroxyl groups is 1. The minimum atomic E-state index is -0.172. The second-order valence-electron chi connectivity index (χ2n) is 8.99. The van der Waals surface area contributed by atoms with E-state index in [9.17, 15) is 9.90 Å². The van der Waals surface area contributed by atoms with E-state index >= 15 is 0 Å². The molecule has 2 fully saturated rings. The fourth-order valence-electron chi connectivity index (χ4n) is 5.74. The molecule has 0 radical (unpaired) electrons. The summed E-state index contributed by atoms with van der Waals surface area (Å²) in [4.78, 5) is 11.4. The van der Waals surface area contributed by atoms with Crippen molar-refractivity contribution in [3.8, 4) is 0 Å². The standard InChI is InChI=1S/C19H30O2/c1-17(2)15-6-5-13-11-18(3,12-20)9-7-14(13)19(15,4)10-8-16(17)21/h5,12,14-16,21H,6-11H2,1-4H3. The number of fused-ring (bicyclic) bond motifs is 3. The third kappa shape index (κ3) is 2.13. The lowest BCUT2D eigenvalue weighted by Crippen LogP contribution is -2.55. The van der Waals surface area contributed by atoms with Gasteiger partial charge in [0.1, 0.15) is 6.29 Å². The van der Waals surface area contributed by atoms with Crippen LogP contribution in [0.25, 0.3) is 0 Å². The molecule has 5 atom stereocenters. The zero-order valence-electron chi connectivity index (χ0n) is 14.0. The monoisotopic (exact) mass is 290 g/mol. The van der Waals surface area contributed by atoms with Gasteiger partial charge in [-0.25, -0.2) is 0 Å². The molecule has 2 nitrogen and oxygen atoms in total. The van der Waals surface area contributed by atoms with Gasteiger partial charge in [0.2, 0.25) is 0 Å². The predicted molar refractivity (Wildman–Crippen MR) is 84.8 cm³/mol. The van der Waals surface area contributed by atoms with Crippen molar-refractivity contribution in [1.29, 1.82) is 0 Å². The molecule has 1 N–H and O–H groups in total. The van der Waals surface area contributed by atoms with E-state index in [1.54, 1.807) is 0 Å². The number of aliphatic hydroxyl groups excluding tert-OH is 1. The molecule has 0 saturated heterocycles. The molecule has 0 spiro atoms. The van der Waals surface area contributed by atoms with E-state index in [0.717, 1.165) is 38.5 Å². The molecule has 21 heavy (non-hydrogen) atoms. The Bertz CT molecular complexity index is 478. The van der Waals surface area contributed by atoms with Crippen LogP contribution in [0.1, 0.15) is 66.2 Å². The molecule has 2 saturated carbocycles. The first-order valence-electron chi connectivity index (χ1n) is 8.56. The summed E-state index contributed by atoms with van der Waals surface area (Å²) in [5.74, 6) is 1.18. The maximum Gasteiger partial charge on any atom is 0.126 e. The summed E-state index contributed by atoms with van der Waals surface area (Å²) in [5, 5.41) is 10.4. The van der Waals surface area contributed by atoms with Gasteiger partial charge in [-0.2, -0.15) is 0 Å². The first-order valence-corrected chi connectivity index (χ1v) is 8.56. The average Bonchev–Trinajstić information content (AvgIpc) is 2.43. The molecule has 5 unspecified atom stereocenters. The van der Waals surface area contributed by atoms with E-state index < -0.39 is 0 Å². The van der Waals surface area contributed by atoms with Gasteiger partial charge >= 0.3 is 0 Å². The van der Waals surface area contributed by atoms with Crippen LogP contribution in [0.15, 0.2) is 11.6 Å². The van der Waals surface area contributed by atoms with Gasteiger partial charge in [-0.15, -0.1) is 0 Å². The summed E-state index contributed by atoms with van der Waals surface area (Å²) < 4.78 is 0. The van der Waals surface area contributed by atoms with Crippen molar-refractivity contribution in [3.63, 3.8) is 0 Å². The highest BCUT2D eigenvalue weighted by molar-refractivity contribution is 5.60. The first-order chi connectivity index (χ1) is 9.73. The SMILES string of the molecule is CC1(C=O)CCC2C(=CCC3C(C)(C)C(O)CCC23C)C1. The highest BCUT2D eigenvalue weighted by Crippen LogP contribution is 2.63. The third-order valence-electron chi connectivity index (χ3n) is 7.27. The Morgan fingerprint density at radius 3 is 2.57 bits per heavy atom. The summed E-state index contributed by atoms with van der Waals surface area (Å²) in [6, 6.07) is 0. The number of hydrogen-bond acceptors (Lipinski definition) is 2. The normalized spacial score (nSPS) is 48.8. The molecule has 0 aromatic rings. The van der Waals surface area contributed by atoms with Gasteiger partial charge < -0.3 is 9.90 Å². The van der Waals surface area contributed by atoms with Crippen molar-refractivity contribution in [2.75, 3.05) is 0 Å². The molecule has 3 aliphatic carbocycles. The van der Waals surface area contributed by atoms with Crippen LogP contribution in [-0.4, -0.2) is 17.5 Å². The molecule has 0 aliphatic heterocycles. The zero-order valence-corrected chi connectivity index (χ0v) is 14.0. The molecule has 2 heteroatoms. The van der Waals surface area contributed by atoms with E-state index in [-0.39, 0.29) is 16.9 Å². The molecular formula is C19H30O2. The Labute approximate surface area is 129 Å². The number of carbonyl (C=O) groups excluding carboxylic acids is 1. The number of aldehydes is 1. The van der Waals surface area contributed by atoms with Crippen LogP contribution in [0.4, 0.5) is 0 Å². The first kappa shape index (κ1) is 15.3. The van der Waals surface area contributed by atoms with Crippen LogP contribution in [0.2, 0.25) is 0 Å². The van der Waals surface area contributed by atoms with Crippen LogP contribution in [0, 0.1) is 28.1 Å². The van der Waals surface area contributed by atoms with Crippen LogP contribution in [0.3, 0.4) is 0 Å². The fourth-order valence-corrected chi connectivity index (χ4v) is 5.74. The second kappa shape index (κ2) is 4.68. The summed E-state index contributed by atoms with van der Waals surface area (Å²) in [7, 11) is 0. The van der Waals surface area contributed by atoms with Gasteiger partial charge in [0.15, 0.2) is 0 Å². The lowest BCUT2D eigenvalue weighted by atomic mass is 9.45. The molecule has 0 heterocycles. The van der Waals surface area contributed by atoms with E-state index in [0.29, 0.717) is 17.3 Å². The topological polar surface area (TPSA) is 37.3 Å². The quantitative estimate of drug-likeness (QED) is 0.582. The Morgan fingerprint density at radius 2 is 1.90 bits per heavy atom. The van der Waals surface area contributed by atoms with Crippen molar-refractivity contribution in [3.05, 3.63) is 11.6 Å². The van der Waals surface area contributed by atoms with Gasteiger partial charge in [-0.05, 0) is 61.2 Å². The van der Waals surface area contributed by atoms with E-state index in [4.69, 9.17) is 0 Å². The van der Waals surface area contributed by atoms with Crippen molar-refractivity contribution in [1.82, 2.24) is 0 Å². The lowest BCUT2D eigenvalue weighted by Gasteiger charge is -2.60. The second-order valence-corrected chi connectivity index (χ2v) is 8.99. The molecule has 0 aromatic heterocycles. The van der Waals surface area contributed by atoms with E-state index in [2.05, 4.69) is 33.8 Å². The van der Waals surface area contributed by atoms with E-state index in [1.165, 1.54) is 11.9 Å². The Morgan fingerprint density at radius 1 is 1.19 bits per heavy atom. The molecule has 118 valence electrons. The number of hydrogen-bond donors (Lipinski definition) is 1.